The monoisotopic (exact) mass is 421 g/mol. The minimum absolute atomic E-state index is 0.999. The Balaban J connectivity index is 3.46. The summed E-state index contributed by atoms with van der Waals surface area (Å²) in [6, 6.07) is 5.39. The summed E-state index contributed by atoms with van der Waals surface area (Å²) >= 11 is 0. The summed E-state index contributed by atoms with van der Waals surface area (Å²) in [5.74, 6) is 0. The second kappa shape index (κ2) is 15.4. The average Bonchev–Trinajstić information content (AvgIpc) is 2.52. The Morgan fingerprint density at radius 1 is 0.679 bits per heavy atom. The number of aliphatic imine (C=N–C) groups is 1. The van der Waals surface area contributed by atoms with Crippen LogP contribution in [0.25, 0.3) is 0 Å². The molecule has 0 atom stereocenters. The minimum atomic E-state index is -1.08. The van der Waals surface area contributed by atoms with Crippen LogP contribution in [0.3, 0.4) is 0 Å². The molecule has 0 aromatic carbocycles. The van der Waals surface area contributed by atoms with Crippen LogP contribution in [0.5, 0.6) is 0 Å². The van der Waals surface area contributed by atoms with E-state index in [2.05, 4.69) is 64.4 Å². The van der Waals surface area contributed by atoms with E-state index in [-0.39, 0.29) is 0 Å². The van der Waals surface area contributed by atoms with Crippen LogP contribution in [0.15, 0.2) is 29.3 Å². The summed E-state index contributed by atoms with van der Waals surface area (Å²) in [4.78, 5) is 4.63. The number of rotatable bonds is 18. The van der Waals surface area contributed by atoms with E-state index in [9.17, 15) is 0 Å². The van der Waals surface area contributed by atoms with Gasteiger partial charge in [0.2, 0.25) is 0 Å². The third kappa shape index (κ3) is 18.9. The van der Waals surface area contributed by atoms with Gasteiger partial charge in [-0.2, -0.15) is 0 Å². The van der Waals surface area contributed by atoms with Gasteiger partial charge in [0.15, 0.2) is 0 Å². The number of hydrogen-bond donors (Lipinski definition) is 0. The van der Waals surface area contributed by atoms with E-state index in [0.29, 0.717) is 0 Å². The van der Waals surface area contributed by atoms with E-state index in [4.69, 9.17) is 0 Å². The Morgan fingerprint density at radius 2 is 1.11 bits per heavy atom. The lowest BCUT2D eigenvalue weighted by Crippen LogP contribution is -2.24. The van der Waals surface area contributed by atoms with Gasteiger partial charge < -0.3 is 0 Å². The van der Waals surface area contributed by atoms with Crippen molar-refractivity contribution in [3.8, 4) is 0 Å². The Hall–Kier alpha value is -0.416. The molecule has 0 radical (unpaired) electrons. The summed E-state index contributed by atoms with van der Waals surface area (Å²) in [5, 5.41) is 0. The highest BCUT2D eigenvalue weighted by Gasteiger charge is 2.20. The summed E-state index contributed by atoms with van der Waals surface area (Å²) in [6.45, 7) is 23.5. The van der Waals surface area contributed by atoms with E-state index in [1.165, 1.54) is 93.1 Å². The molecule has 1 nitrogen and oxygen atoms in total. The first-order valence-electron chi connectivity index (χ1n) is 11.8. The molecule has 0 amide bonds. The highest BCUT2D eigenvalue weighted by Crippen LogP contribution is 2.23. The molecule has 0 rings (SSSR count). The molecular weight excluding hydrogens is 370 g/mol. The third-order valence-corrected chi connectivity index (χ3v) is 12.0. The molecule has 0 saturated heterocycles. The Labute approximate surface area is 180 Å². The summed E-state index contributed by atoms with van der Waals surface area (Å²) in [7, 11) is -2.08. The molecule has 3 heteroatoms. The van der Waals surface area contributed by atoms with Crippen molar-refractivity contribution in [3.05, 3.63) is 24.3 Å². The maximum absolute atomic E-state index is 4.63. The van der Waals surface area contributed by atoms with Gasteiger partial charge in [-0.15, -0.1) is 13.2 Å². The number of hydrogen-bond acceptors (Lipinski definition) is 1. The minimum Gasteiger partial charge on any atom is -0.298 e. The second-order valence-electron chi connectivity index (χ2n) is 10.8. The van der Waals surface area contributed by atoms with Gasteiger partial charge in [-0.05, 0) is 45.0 Å². The van der Waals surface area contributed by atoms with Crippen LogP contribution >= 0.6 is 0 Å². The first-order valence-corrected chi connectivity index (χ1v) is 18.6. The van der Waals surface area contributed by atoms with Crippen molar-refractivity contribution in [2.24, 2.45) is 4.99 Å². The van der Waals surface area contributed by atoms with Crippen LogP contribution in [-0.4, -0.2) is 28.9 Å². The molecule has 164 valence electrons. The number of unbranched alkanes of at least 4 members (excludes halogenated alkanes) is 7. The van der Waals surface area contributed by atoms with Crippen molar-refractivity contribution >= 4 is 22.4 Å². The maximum atomic E-state index is 4.63. The molecule has 0 unspecified atom stereocenters. The van der Waals surface area contributed by atoms with Crippen molar-refractivity contribution in [2.45, 2.75) is 122 Å². The van der Waals surface area contributed by atoms with Gasteiger partial charge >= 0.3 is 0 Å². The molecule has 28 heavy (non-hydrogen) atoms. The van der Waals surface area contributed by atoms with Gasteiger partial charge in [0, 0.05) is 6.54 Å². The van der Waals surface area contributed by atoms with E-state index in [1.54, 1.807) is 0 Å². The zero-order chi connectivity index (χ0) is 21.5. The number of allylic oxidation sites excluding steroid dienone is 2. The molecule has 0 fully saturated rings. The van der Waals surface area contributed by atoms with Crippen molar-refractivity contribution < 1.29 is 0 Å². The Kier molecular flexibility index (Phi) is 15.2. The molecular formula is C25H51NSi2. The van der Waals surface area contributed by atoms with Gasteiger partial charge in [-0.25, -0.2) is 0 Å². The Morgan fingerprint density at radius 3 is 1.61 bits per heavy atom. The van der Waals surface area contributed by atoms with Gasteiger partial charge in [0.05, 0.1) is 16.1 Å². The van der Waals surface area contributed by atoms with E-state index >= 15 is 0 Å². The van der Waals surface area contributed by atoms with E-state index < -0.39 is 16.1 Å². The molecule has 0 aliphatic carbocycles. The molecule has 0 N–H and O–H groups in total. The van der Waals surface area contributed by atoms with Crippen LogP contribution in [0.2, 0.25) is 50.4 Å². The fraction of sp³-hybridized carbons (Fsp3) is 0.800. The molecule has 0 aromatic heterocycles. The summed E-state index contributed by atoms with van der Waals surface area (Å²) < 4.78 is 0. The SMILES string of the molecule is C=C(C)C[Si](C)(C)CCC=NCCCCCCCCCC[Si](C)(C)CC(=C)C. The smallest absolute Gasteiger partial charge is 0.0517 e. The highest BCUT2D eigenvalue weighted by atomic mass is 28.3. The quantitative estimate of drug-likeness (QED) is 0.0905. The standard InChI is InChI=1S/C25H51NSi2/c1-24(2)22-27(5,6)20-16-14-12-10-9-11-13-15-18-26-19-17-21-28(7,8)23-25(3)4/h19H,1,3,9-18,20-23H2,2,4-8H3. The van der Waals surface area contributed by atoms with Crippen molar-refractivity contribution in [1.82, 2.24) is 0 Å². The molecule has 0 bridgehead atoms. The number of nitrogens with zero attached hydrogens (tertiary/aromatic N) is 1. The van der Waals surface area contributed by atoms with Crippen LogP contribution in [0.1, 0.15) is 71.6 Å². The highest BCUT2D eigenvalue weighted by molar-refractivity contribution is 6.78. The largest absolute Gasteiger partial charge is 0.298 e. The van der Waals surface area contributed by atoms with Crippen molar-refractivity contribution in [3.63, 3.8) is 0 Å². The zero-order valence-electron chi connectivity index (χ0n) is 20.3. The predicted molar refractivity (Wildman–Crippen MR) is 139 cm³/mol. The molecule has 0 spiro atoms. The molecule has 0 saturated carbocycles. The second-order valence-corrected chi connectivity index (χ2v) is 21.2. The Bertz CT molecular complexity index is 463. The maximum Gasteiger partial charge on any atom is 0.0517 e. The topological polar surface area (TPSA) is 12.4 Å². The lowest BCUT2D eigenvalue weighted by atomic mass is 10.1. The molecule has 0 aliphatic heterocycles. The fourth-order valence-electron chi connectivity index (χ4n) is 4.32. The van der Waals surface area contributed by atoms with Gasteiger partial charge in [0.1, 0.15) is 0 Å². The van der Waals surface area contributed by atoms with Gasteiger partial charge in [-0.1, -0.05) is 94.4 Å². The van der Waals surface area contributed by atoms with Gasteiger partial charge in [0.25, 0.3) is 0 Å². The van der Waals surface area contributed by atoms with Crippen LogP contribution in [-0.2, 0) is 0 Å². The lowest BCUT2D eigenvalue weighted by Gasteiger charge is -2.22. The summed E-state index contributed by atoms with van der Waals surface area (Å²) in [5.41, 5.74) is 2.73. The lowest BCUT2D eigenvalue weighted by molar-refractivity contribution is 0.577. The van der Waals surface area contributed by atoms with E-state index in [0.717, 1.165) is 6.54 Å². The average molecular weight is 422 g/mol. The van der Waals surface area contributed by atoms with Crippen molar-refractivity contribution in [1.29, 1.82) is 0 Å². The van der Waals surface area contributed by atoms with E-state index in [1.807, 2.05) is 0 Å². The first kappa shape index (κ1) is 27.6. The van der Waals surface area contributed by atoms with Gasteiger partial charge in [-0.3, -0.25) is 4.99 Å². The predicted octanol–water partition coefficient (Wildman–Crippen LogP) is 9.14. The molecule has 0 aliphatic rings. The third-order valence-electron chi connectivity index (χ3n) is 5.53. The normalized spacial score (nSPS) is 12.6. The molecule has 0 aromatic rings. The van der Waals surface area contributed by atoms with Crippen LogP contribution < -0.4 is 0 Å². The fourth-order valence-corrected chi connectivity index (χ4v) is 10.1. The summed E-state index contributed by atoms with van der Waals surface area (Å²) in [6.07, 6.45) is 14.5. The molecule has 0 heterocycles. The zero-order valence-corrected chi connectivity index (χ0v) is 22.3. The van der Waals surface area contributed by atoms with Crippen LogP contribution in [0, 0.1) is 0 Å². The van der Waals surface area contributed by atoms with Crippen LogP contribution in [0.4, 0.5) is 0 Å². The first-order chi connectivity index (χ1) is 13.0. The van der Waals surface area contributed by atoms with Crippen molar-refractivity contribution in [2.75, 3.05) is 6.54 Å².